The zero-order valence-corrected chi connectivity index (χ0v) is 16.8. The van der Waals surface area contributed by atoms with Gasteiger partial charge in [0.25, 0.3) is 0 Å². The van der Waals surface area contributed by atoms with E-state index in [9.17, 15) is 15.3 Å². The van der Waals surface area contributed by atoms with E-state index < -0.39 is 30.5 Å². The van der Waals surface area contributed by atoms with E-state index in [1.807, 2.05) is 37.3 Å². The predicted octanol–water partition coefficient (Wildman–Crippen LogP) is 3.26. The number of rotatable bonds is 6. The summed E-state index contributed by atoms with van der Waals surface area (Å²) in [4.78, 5) is 0. The van der Waals surface area contributed by atoms with Gasteiger partial charge in [-0.1, -0.05) is 35.9 Å². The highest BCUT2D eigenvalue weighted by Crippen LogP contribution is 2.35. The van der Waals surface area contributed by atoms with Crippen LogP contribution in [0.5, 0.6) is 5.75 Å². The van der Waals surface area contributed by atoms with Crippen LogP contribution in [0.1, 0.15) is 43.1 Å². The second-order valence-electron chi connectivity index (χ2n) is 7.23. The summed E-state index contributed by atoms with van der Waals surface area (Å²) in [6.45, 7) is 4.18. The van der Waals surface area contributed by atoms with Crippen molar-refractivity contribution in [1.29, 1.82) is 0 Å². The average Bonchev–Trinajstić information content (AvgIpc) is 2.67. The van der Waals surface area contributed by atoms with E-state index in [1.165, 1.54) is 0 Å². The van der Waals surface area contributed by atoms with E-state index in [-0.39, 0.29) is 6.42 Å². The molecule has 152 valence electrons. The van der Waals surface area contributed by atoms with Gasteiger partial charge in [0.05, 0.1) is 24.9 Å². The predicted molar refractivity (Wildman–Crippen MR) is 108 cm³/mol. The molecule has 0 spiro atoms. The Hall–Kier alpha value is -1.63. The lowest BCUT2D eigenvalue weighted by atomic mass is 9.90. The van der Waals surface area contributed by atoms with Gasteiger partial charge in [0.1, 0.15) is 18.0 Å². The van der Waals surface area contributed by atoms with Crippen LogP contribution in [0.4, 0.5) is 0 Å². The molecule has 1 saturated heterocycles. The zero-order chi connectivity index (χ0) is 20.3. The minimum atomic E-state index is -1.06. The van der Waals surface area contributed by atoms with Crippen LogP contribution in [-0.2, 0) is 11.2 Å². The van der Waals surface area contributed by atoms with Crippen molar-refractivity contribution >= 4 is 11.6 Å². The molecule has 3 N–H and O–H groups in total. The normalized spacial score (nSPS) is 26.1. The van der Waals surface area contributed by atoms with Gasteiger partial charge >= 0.3 is 0 Å². The minimum Gasteiger partial charge on any atom is -0.494 e. The van der Waals surface area contributed by atoms with Crippen LogP contribution < -0.4 is 4.74 Å². The quantitative estimate of drug-likeness (QED) is 0.686. The molecule has 0 bridgehead atoms. The monoisotopic (exact) mass is 406 g/mol. The summed E-state index contributed by atoms with van der Waals surface area (Å²) >= 11 is 6.39. The minimum absolute atomic E-state index is 0.196. The third-order valence-electron chi connectivity index (χ3n) is 5.06. The van der Waals surface area contributed by atoms with Crippen molar-refractivity contribution in [3.63, 3.8) is 0 Å². The molecule has 2 aromatic rings. The van der Waals surface area contributed by atoms with Gasteiger partial charge in [-0.15, -0.1) is 0 Å². The highest BCUT2D eigenvalue weighted by molar-refractivity contribution is 6.31. The van der Waals surface area contributed by atoms with E-state index in [1.54, 1.807) is 19.1 Å². The van der Waals surface area contributed by atoms with E-state index in [0.29, 0.717) is 18.1 Å². The molecule has 0 radical (unpaired) electrons. The summed E-state index contributed by atoms with van der Waals surface area (Å²) in [7, 11) is 0. The topological polar surface area (TPSA) is 79.2 Å². The van der Waals surface area contributed by atoms with Gasteiger partial charge in [-0.05, 0) is 55.2 Å². The molecule has 5 nitrogen and oxygen atoms in total. The molecule has 1 aliphatic rings. The molecular weight excluding hydrogens is 380 g/mol. The summed E-state index contributed by atoms with van der Waals surface area (Å²) in [6.07, 6.45) is -3.20. The number of hydrogen-bond acceptors (Lipinski definition) is 5. The van der Waals surface area contributed by atoms with Crippen molar-refractivity contribution in [3.05, 3.63) is 64.2 Å². The molecule has 5 atom stereocenters. The van der Waals surface area contributed by atoms with Crippen molar-refractivity contribution < 1.29 is 24.8 Å². The van der Waals surface area contributed by atoms with E-state index >= 15 is 0 Å². The maximum Gasteiger partial charge on any atom is 0.119 e. The zero-order valence-electron chi connectivity index (χ0n) is 16.1. The van der Waals surface area contributed by atoms with E-state index in [4.69, 9.17) is 21.1 Å². The van der Waals surface area contributed by atoms with Gasteiger partial charge in [-0.25, -0.2) is 0 Å². The average molecular weight is 407 g/mol. The number of hydrogen-bond donors (Lipinski definition) is 3. The fourth-order valence-corrected chi connectivity index (χ4v) is 3.67. The largest absolute Gasteiger partial charge is 0.494 e. The third kappa shape index (κ3) is 4.85. The lowest BCUT2D eigenvalue weighted by molar-refractivity contribution is -0.192. The first-order valence-corrected chi connectivity index (χ1v) is 9.96. The molecule has 0 aromatic heterocycles. The summed E-state index contributed by atoms with van der Waals surface area (Å²) in [6, 6.07) is 13.3. The van der Waals surface area contributed by atoms with E-state index in [0.717, 1.165) is 22.4 Å². The van der Waals surface area contributed by atoms with Gasteiger partial charge < -0.3 is 24.8 Å². The first kappa shape index (κ1) is 21.1. The standard InChI is InChI=1S/C22H27ClO5/c1-3-27-17-7-4-14(5-8-17)10-16-11-15(6-9-18(16)23)22-21(26)19(25)12-20(28-22)13(2)24/h4-9,11,13,19-22,24-26H,3,10,12H2,1-2H3/t13?,19?,20?,21-,22?/m1/s1. The SMILES string of the molecule is CCOc1ccc(Cc2cc(C3OC(C(C)O)CC(O)[C@H]3O)ccc2Cl)cc1. The smallest absolute Gasteiger partial charge is 0.119 e. The third-order valence-corrected chi connectivity index (χ3v) is 5.43. The number of ether oxygens (including phenoxy) is 2. The molecular formula is C22H27ClO5. The Kier molecular flexibility index (Phi) is 6.96. The lowest BCUT2D eigenvalue weighted by Crippen LogP contribution is -2.46. The Morgan fingerprint density at radius 3 is 2.54 bits per heavy atom. The van der Waals surface area contributed by atoms with Crippen LogP contribution in [0.15, 0.2) is 42.5 Å². The number of halogens is 1. The second kappa shape index (κ2) is 9.25. The molecule has 2 aromatic carbocycles. The Balaban J connectivity index is 1.82. The first-order chi connectivity index (χ1) is 13.4. The number of aliphatic hydroxyl groups excluding tert-OH is 3. The number of benzene rings is 2. The maximum absolute atomic E-state index is 10.4. The Morgan fingerprint density at radius 2 is 1.89 bits per heavy atom. The van der Waals surface area contributed by atoms with Crippen LogP contribution in [0.2, 0.25) is 5.02 Å². The van der Waals surface area contributed by atoms with Gasteiger partial charge in [-0.3, -0.25) is 0 Å². The molecule has 28 heavy (non-hydrogen) atoms. The first-order valence-electron chi connectivity index (χ1n) is 9.58. The molecule has 1 aliphatic heterocycles. The van der Waals surface area contributed by atoms with Crippen LogP contribution in [0.25, 0.3) is 0 Å². The molecule has 0 saturated carbocycles. The molecule has 1 fully saturated rings. The van der Waals surface area contributed by atoms with Gasteiger partial charge in [0.15, 0.2) is 0 Å². The summed E-state index contributed by atoms with van der Waals surface area (Å²) in [5.41, 5.74) is 2.70. The molecule has 3 rings (SSSR count). The van der Waals surface area contributed by atoms with Crippen molar-refractivity contribution in [2.24, 2.45) is 0 Å². The van der Waals surface area contributed by atoms with Gasteiger partial charge in [0, 0.05) is 11.4 Å². The Labute approximate surface area is 170 Å². The van der Waals surface area contributed by atoms with Gasteiger partial charge in [-0.2, -0.15) is 0 Å². The van der Waals surface area contributed by atoms with Crippen LogP contribution in [0.3, 0.4) is 0 Å². The highest BCUT2D eigenvalue weighted by Gasteiger charge is 2.39. The fourth-order valence-electron chi connectivity index (χ4n) is 3.49. The summed E-state index contributed by atoms with van der Waals surface area (Å²) in [5.74, 6) is 0.822. The summed E-state index contributed by atoms with van der Waals surface area (Å²) < 4.78 is 11.4. The lowest BCUT2D eigenvalue weighted by Gasteiger charge is -2.38. The molecule has 1 heterocycles. The van der Waals surface area contributed by atoms with Crippen molar-refractivity contribution in [2.45, 2.75) is 57.2 Å². The fraction of sp³-hybridized carbons (Fsp3) is 0.455. The molecule has 4 unspecified atom stereocenters. The Morgan fingerprint density at radius 1 is 1.18 bits per heavy atom. The van der Waals surface area contributed by atoms with Crippen molar-refractivity contribution in [1.82, 2.24) is 0 Å². The Bertz CT molecular complexity index is 777. The van der Waals surface area contributed by atoms with E-state index in [2.05, 4.69) is 0 Å². The number of aliphatic hydroxyl groups is 3. The van der Waals surface area contributed by atoms with Crippen molar-refractivity contribution in [2.75, 3.05) is 6.61 Å². The molecule has 0 aliphatic carbocycles. The highest BCUT2D eigenvalue weighted by atomic mass is 35.5. The van der Waals surface area contributed by atoms with Crippen LogP contribution in [0, 0.1) is 0 Å². The summed E-state index contributed by atoms with van der Waals surface area (Å²) in [5, 5.41) is 31.1. The molecule has 0 amide bonds. The van der Waals surface area contributed by atoms with Gasteiger partial charge in [0.2, 0.25) is 0 Å². The van der Waals surface area contributed by atoms with Crippen molar-refractivity contribution in [3.8, 4) is 5.75 Å². The molecule has 6 heteroatoms. The van der Waals surface area contributed by atoms with Crippen LogP contribution >= 0.6 is 11.6 Å². The second-order valence-corrected chi connectivity index (χ2v) is 7.64. The van der Waals surface area contributed by atoms with Crippen LogP contribution in [-0.4, -0.2) is 46.3 Å². The maximum atomic E-state index is 10.4.